The van der Waals surface area contributed by atoms with Gasteiger partial charge in [-0.1, -0.05) is 67.6 Å². The first-order valence-corrected chi connectivity index (χ1v) is 12.4. The van der Waals surface area contributed by atoms with Gasteiger partial charge in [0.2, 0.25) is 0 Å². The van der Waals surface area contributed by atoms with Crippen molar-refractivity contribution in [2.24, 2.45) is 17.8 Å². The van der Waals surface area contributed by atoms with Crippen molar-refractivity contribution in [3.8, 4) is 5.75 Å². The fraction of sp³-hybridized carbons (Fsp3) is 0.586. The highest BCUT2D eigenvalue weighted by atomic mass is 16.5. The van der Waals surface area contributed by atoms with E-state index in [1.807, 2.05) is 0 Å². The van der Waals surface area contributed by atoms with E-state index in [0.29, 0.717) is 6.61 Å². The van der Waals surface area contributed by atoms with Gasteiger partial charge in [-0.25, -0.2) is 0 Å². The standard InChI is InChI=1S/C29H40O/c1-4-23-5-7-25(8-6-23)26-9-11-27(12-10-26)28-13-15-29(16-14-28)30-20-24-18-21(2)17-22(3)19-24/h13-19,23,25-27H,4-12,20H2,1-3H3. The highest BCUT2D eigenvalue weighted by Crippen LogP contribution is 2.44. The van der Waals surface area contributed by atoms with E-state index < -0.39 is 0 Å². The first-order chi connectivity index (χ1) is 14.6. The zero-order valence-corrected chi connectivity index (χ0v) is 19.3. The molecule has 0 bridgehead atoms. The van der Waals surface area contributed by atoms with Crippen molar-refractivity contribution < 1.29 is 4.74 Å². The third-order valence-electron chi connectivity index (χ3n) is 7.95. The van der Waals surface area contributed by atoms with Crippen LogP contribution in [0.2, 0.25) is 0 Å². The Bertz CT molecular complexity index is 769. The minimum atomic E-state index is 0.646. The number of aryl methyl sites for hydroxylation is 2. The lowest BCUT2D eigenvalue weighted by Crippen LogP contribution is -2.25. The van der Waals surface area contributed by atoms with Gasteiger partial charge in [-0.15, -0.1) is 0 Å². The van der Waals surface area contributed by atoms with E-state index in [2.05, 4.69) is 63.2 Å². The minimum Gasteiger partial charge on any atom is -0.489 e. The Morgan fingerprint density at radius 2 is 1.30 bits per heavy atom. The van der Waals surface area contributed by atoms with Crippen LogP contribution in [0.3, 0.4) is 0 Å². The molecule has 0 N–H and O–H groups in total. The van der Waals surface area contributed by atoms with Crippen molar-refractivity contribution in [1.29, 1.82) is 0 Å². The van der Waals surface area contributed by atoms with E-state index in [4.69, 9.17) is 4.74 Å². The van der Waals surface area contributed by atoms with Crippen molar-refractivity contribution in [3.05, 3.63) is 64.7 Å². The maximum Gasteiger partial charge on any atom is 0.119 e. The van der Waals surface area contributed by atoms with Crippen molar-refractivity contribution >= 4 is 0 Å². The molecule has 0 aromatic heterocycles. The third-order valence-corrected chi connectivity index (χ3v) is 7.95. The molecule has 0 aliphatic heterocycles. The Hall–Kier alpha value is -1.76. The van der Waals surface area contributed by atoms with Crippen molar-refractivity contribution in [2.75, 3.05) is 0 Å². The molecule has 0 saturated heterocycles. The second kappa shape index (κ2) is 10.0. The topological polar surface area (TPSA) is 9.23 Å². The van der Waals surface area contributed by atoms with Gasteiger partial charge in [0.15, 0.2) is 0 Å². The molecule has 4 rings (SSSR count). The number of ether oxygens (including phenoxy) is 1. The molecule has 162 valence electrons. The van der Waals surface area contributed by atoms with Crippen LogP contribution in [-0.2, 0) is 6.61 Å². The highest BCUT2D eigenvalue weighted by molar-refractivity contribution is 5.31. The van der Waals surface area contributed by atoms with Gasteiger partial charge >= 0.3 is 0 Å². The third kappa shape index (κ3) is 5.48. The van der Waals surface area contributed by atoms with Crippen LogP contribution in [0.25, 0.3) is 0 Å². The quantitative estimate of drug-likeness (QED) is 0.470. The summed E-state index contributed by atoms with van der Waals surface area (Å²) in [6, 6.07) is 15.6. The second-order valence-corrected chi connectivity index (χ2v) is 10.2. The Morgan fingerprint density at radius 3 is 1.87 bits per heavy atom. The lowest BCUT2D eigenvalue weighted by molar-refractivity contribution is 0.158. The summed E-state index contributed by atoms with van der Waals surface area (Å²) in [5, 5.41) is 0. The fourth-order valence-electron chi connectivity index (χ4n) is 6.15. The van der Waals surface area contributed by atoms with Gasteiger partial charge in [0.25, 0.3) is 0 Å². The molecule has 0 unspecified atom stereocenters. The minimum absolute atomic E-state index is 0.646. The van der Waals surface area contributed by atoms with Gasteiger partial charge in [-0.2, -0.15) is 0 Å². The summed E-state index contributed by atoms with van der Waals surface area (Å²) in [4.78, 5) is 0. The van der Waals surface area contributed by atoms with Crippen LogP contribution < -0.4 is 4.74 Å². The Kier molecular flexibility index (Phi) is 7.18. The molecule has 0 atom stereocenters. The SMILES string of the molecule is CCC1CCC(C2CCC(c3ccc(OCc4cc(C)cc(C)c4)cc3)CC2)CC1. The predicted octanol–water partition coefficient (Wildman–Crippen LogP) is 8.37. The van der Waals surface area contributed by atoms with Gasteiger partial charge in [0.05, 0.1) is 0 Å². The number of benzene rings is 2. The summed E-state index contributed by atoms with van der Waals surface area (Å²) >= 11 is 0. The van der Waals surface area contributed by atoms with Crippen LogP contribution in [-0.4, -0.2) is 0 Å². The maximum atomic E-state index is 6.06. The van der Waals surface area contributed by atoms with E-state index in [9.17, 15) is 0 Å². The van der Waals surface area contributed by atoms with Gasteiger partial charge in [-0.05, 0) is 99.3 Å². The average molecular weight is 405 g/mol. The van der Waals surface area contributed by atoms with Crippen LogP contribution in [0.15, 0.2) is 42.5 Å². The maximum absolute atomic E-state index is 6.06. The van der Waals surface area contributed by atoms with E-state index in [1.54, 1.807) is 0 Å². The average Bonchev–Trinajstić information content (AvgIpc) is 2.78. The van der Waals surface area contributed by atoms with Gasteiger partial charge in [0, 0.05) is 0 Å². The number of rotatable bonds is 6. The van der Waals surface area contributed by atoms with E-state index in [1.165, 1.54) is 80.0 Å². The molecule has 2 aliphatic rings. The largest absolute Gasteiger partial charge is 0.489 e. The summed E-state index contributed by atoms with van der Waals surface area (Å²) in [5.74, 6) is 4.78. The summed E-state index contributed by atoms with van der Waals surface area (Å²) in [6.45, 7) is 7.32. The van der Waals surface area contributed by atoms with Crippen LogP contribution in [0, 0.1) is 31.6 Å². The molecule has 2 aromatic carbocycles. The predicted molar refractivity (Wildman–Crippen MR) is 127 cm³/mol. The van der Waals surface area contributed by atoms with Gasteiger partial charge < -0.3 is 4.74 Å². The summed E-state index contributed by atoms with van der Waals surface area (Å²) in [6.07, 6.45) is 13.0. The first kappa shape index (κ1) is 21.5. The molecular formula is C29H40O. The molecule has 1 heteroatoms. The molecule has 0 heterocycles. The van der Waals surface area contributed by atoms with Crippen molar-refractivity contribution in [2.45, 2.75) is 91.1 Å². The Labute approximate surface area is 184 Å². The lowest BCUT2D eigenvalue weighted by atomic mass is 9.68. The Balaban J connectivity index is 1.25. The van der Waals surface area contributed by atoms with Crippen LogP contribution >= 0.6 is 0 Å². The first-order valence-electron chi connectivity index (χ1n) is 12.4. The molecule has 0 radical (unpaired) electrons. The molecule has 0 amide bonds. The lowest BCUT2D eigenvalue weighted by Gasteiger charge is -2.38. The zero-order chi connectivity index (χ0) is 20.9. The normalized spacial score (nSPS) is 27.0. The molecule has 2 fully saturated rings. The second-order valence-electron chi connectivity index (χ2n) is 10.2. The highest BCUT2D eigenvalue weighted by Gasteiger charge is 2.30. The van der Waals surface area contributed by atoms with Crippen LogP contribution in [0.1, 0.15) is 92.9 Å². The van der Waals surface area contributed by atoms with Gasteiger partial charge in [0.1, 0.15) is 12.4 Å². The number of hydrogen-bond donors (Lipinski definition) is 0. The summed E-state index contributed by atoms with van der Waals surface area (Å²) in [5.41, 5.74) is 5.38. The molecule has 2 aliphatic carbocycles. The fourth-order valence-corrected chi connectivity index (χ4v) is 6.15. The smallest absolute Gasteiger partial charge is 0.119 e. The zero-order valence-electron chi connectivity index (χ0n) is 19.3. The molecular weight excluding hydrogens is 364 g/mol. The van der Waals surface area contributed by atoms with E-state index >= 15 is 0 Å². The van der Waals surface area contributed by atoms with Crippen molar-refractivity contribution in [1.82, 2.24) is 0 Å². The van der Waals surface area contributed by atoms with E-state index in [-0.39, 0.29) is 0 Å². The molecule has 2 saturated carbocycles. The Morgan fingerprint density at radius 1 is 0.733 bits per heavy atom. The molecule has 0 spiro atoms. The molecule has 30 heavy (non-hydrogen) atoms. The summed E-state index contributed by atoms with van der Waals surface area (Å²) in [7, 11) is 0. The van der Waals surface area contributed by atoms with Crippen LogP contribution in [0.5, 0.6) is 5.75 Å². The van der Waals surface area contributed by atoms with Crippen molar-refractivity contribution in [3.63, 3.8) is 0 Å². The van der Waals surface area contributed by atoms with E-state index in [0.717, 1.165) is 29.4 Å². The van der Waals surface area contributed by atoms with Crippen LogP contribution in [0.4, 0.5) is 0 Å². The van der Waals surface area contributed by atoms with Gasteiger partial charge in [-0.3, -0.25) is 0 Å². The summed E-state index contributed by atoms with van der Waals surface area (Å²) < 4.78 is 6.06. The molecule has 2 aromatic rings. The monoisotopic (exact) mass is 404 g/mol. The molecule has 1 nitrogen and oxygen atoms in total. The number of hydrogen-bond acceptors (Lipinski definition) is 1.